The van der Waals surface area contributed by atoms with Gasteiger partial charge >= 0.3 is 0 Å². The average Bonchev–Trinajstić information content (AvgIpc) is 3.24. The highest BCUT2D eigenvalue weighted by atomic mass is 14.3. The van der Waals surface area contributed by atoms with Crippen LogP contribution in [0.15, 0.2) is 170 Å². The summed E-state index contributed by atoms with van der Waals surface area (Å²) in [5, 5.41) is 10.3. The maximum absolute atomic E-state index is 2.45. The Hall–Kier alpha value is -5.98. The van der Waals surface area contributed by atoms with E-state index in [0.717, 1.165) is 0 Å². The zero-order valence-electron chi connectivity index (χ0n) is 25.2. The van der Waals surface area contributed by atoms with Crippen LogP contribution >= 0.6 is 0 Å². The van der Waals surface area contributed by atoms with Crippen molar-refractivity contribution >= 4 is 43.1 Å². The fraction of sp³-hybridized carbons (Fsp3) is 0. The molecule has 0 aliphatic heterocycles. The van der Waals surface area contributed by atoms with Gasteiger partial charge in [-0.15, -0.1) is 0 Å². The summed E-state index contributed by atoms with van der Waals surface area (Å²) in [4.78, 5) is 0. The Balaban J connectivity index is 1.31. The van der Waals surface area contributed by atoms with E-state index >= 15 is 0 Å². The molecule has 0 saturated carbocycles. The molecule has 212 valence electrons. The summed E-state index contributed by atoms with van der Waals surface area (Å²) < 4.78 is 0. The minimum Gasteiger partial charge on any atom is -0.0616 e. The predicted molar refractivity (Wildman–Crippen MR) is 197 cm³/mol. The van der Waals surface area contributed by atoms with Gasteiger partial charge in [-0.1, -0.05) is 164 Å². The van der Waals surface area contributed by atoms with Gasteiger partial charge < -0.3 is 0 Å². The lowest BCUT2D eigenvalue weighted by atomic mass is 9.83. The third-order valence-corrected chi connectivity index (χ3v) is 10.0. The van der Waals surface area contributed by atoms with Gasteiger partial charge in [0.2, 0.25) is 0 Å². The van der Waals surface area contributed by atoms with E-state index in [1.807, 2.05) is 0 Å². The maximum Gasteiger partial charge on any atom is -0.00201 e. The van der Waals surface area contributed by atoms with Crippen LogP contribution < -0.4 is 0 Å². The molecule has 0 saturated heterocycles. The lowest BCUT2D eigenvalue weighted by molar-refractivity contribution is 1.61. The van der Waals surface area contributed by atoms with E-state index in [1.54, 1.807) is 0 Å². The lowest BCUT2D eigenvalue weighted by Crippen LogP contribution is -1.93. The molecule has 0 nitrogen and oxygen atoms in total. The van der Waals surface area contributed by atoms with Crippen molar-refractivity contribution in [3.05, 3.63) is 170 Å². The topological polar surface area (TPSA) is 0 Å². The van der Waals surface area contributed by atoms with Gasteiger partial charge in [-0.05, 0) is 105 Å². The predicted octanol–water partition coefficient (Wildman–Crippen LogP) is 12.9. The van der Waals surface area contributed by atoms with Crippen LogP contribution in [-0.2, 0) is 0 Å². The fourth-order valence-corrected chi connectivity index (χ4v) is 8.07. The van der Waals surface area contributed by atoms with Gasteiger partial charge in [0.15, 0.2) is 0 Å². The zero-order chi connectivity index (χ0) is 30.2. The molecule has 0 heteroatoms. The summed E-state index contributed by atoms with van der Waals surface area (Å²) in [6.45, 7) is 0. The third kappa shape index (κ3) is 3.56. The van der Waals surface area contributed by atoms with Gasteiger partial charge in [0, 0.05) is 0 Å². The second-order valence-corrected chi connectivity index (χ2v) is 12.4. The van der Waals surface area contributed by atoms with Crippen LogP contribution in [0.5, 0.6) is 0 Å². The molecule has 0 heterocycles. The van der Waals surface area contributed by atoms with Gasteiger partial charge in [-0.3, -0.25) is 0 Å². The van der Waals surface area contributed by atoms with Gasteiger partial charge in [0.1, 0.15) is 0 Å². The molecular formula is C46H28. The van der Waals surface area contributed by atoms with E-state index in [9.17, 15) is 0 Å². The summed E-state index contributed by atoms with van der Waals surface area (Å²) in [6.07, 6.45) is 0. The van der Waals surface area contributed by atoms with Crippen molar-refractivity contribution in [3.63, 3.8) is 0 Å². The largest absolute Gasteiger partial charge is 0.0616 e. The van der Waals surface area contributed by atoms with Crippen LogP contribution in [0.1, 0.15) is 0 Å². The van der Waals surface area contributed by atoms with Crippen molar-refractivity contribution in [1.82, 2.24) is 0 Å². The first-order valence-corrected chi connectivity index (χ1v) is 16.0. The van der Waals surface area contributed by atoms with Crippen LogP contribution in [0, 0.1) is 0 Å². The molecule has 0 fully saturated rings. The average molecular weight is 581 g/mol. The lowest BCUT2D eigenvalue weighted by Gasteiger charge is -2.20. The molecule has 0 amide bonds. The first-order chi connectivity index (χ1) is 22.8. The Morgan fingerprint density at radius 2 is 0.674 bits per heavy atom. The third-order valence-electron chi connectivity index (χ3n) is 10.0. The van der Waals surface area contributed by atoms with Crippen molar-refractivity contribution < 1.29 is 0 Å². The van der Waals surface area contributed by atoms with E-state index < -0.39 is 0 Å². The Bertz CT molecular complexity index is 2620. The second kappa shape index (κ2) is 9.76. The normalized spacial score (nSPS) is 11.9. The number of hydrogen-bond donors (Lipinski definition) is 0. The minimum absolute atomic E-state index is 1.24. The monoisotopic (exact) mass is 580 g/mol. The van der Waals surface area contributed by atoms with E-state index in [2.05, 4.69) is 170 Å². The molecule has 0 atom stereocenters. The first kappa shape index (κ1) is 25.4. The Labute approximate surface area is 267 Å². The molecule has 0 spiro atoms. The number of hydrogen-bond acceptors (Lipinski definition) is 0. The Morgan fingerprint density at radius 3 is 1.33 bits per heavy atom. The van der Waals surface area contributed by atoms with Crippen molar-refractivity contribution in [2.75, 3.05) is 0 Å². The molecule has 0 aromatic heterocycles. The van der Waals surface area contributed by atoms with Crippen molar-refractivity contribution in [1.29, 1.82) is 0 Å². The van der Waals surface area contributed by atoms with Crippen LogP contribution in [0.4, 0.5) is 0 Å². The minimum atomic E-state index is 1.24. The summed E-state index contributed by atoms with van der Waals surface area (Å²) in [5.74, 6) is 0. The highest BCUT2D eigenvalue weighted by Crippen LogP contribution is 2.50. The smallest absolute Gasteiger partial charge is 0.00201 e. The molecule has 0 bridgehead atoms. The molecule has 9 aromatic rings. The molecule has 1 aliphatic rings. The fourth-order valence-electron chi connectivity index (χ4n) is 8.07. The molecule has 0 radical (unpaired) electrons. The highest BCUT2D eigenvalue weighted by molar-refractivity contribution is 6.24. The molecule has 9 aromatic carbocycles. The van der Waals surface area contributed by atoms with Crippen LogP contribution in [0.25, 0.3) is 98.7 Å². The zero-order valence-corrected chi connectivity index (χ0v) is 25.2. The molecule has 1 aliphatic carbocycles. The van der Waals surface area contributed by atoms with Crippen LogP contribution in [0.3, 0.4) is 0 Å². The SMILES string of the molecule is c1ccc2c(c1)-c1cc(-c3c4ccccc4c(-c4cccc5ccccc45)c4ccccc34)ccc1-c1cccc3cccc-2c13. The maximum atomic E-state index is 2.45. The Kier molecular flexibility index (Phi) is 5.38. The van der Waals surface area contributed by atoms with Gasteiger partial charge in [-0.25, -0.2) is 0 Å². The van der Waals surface area contributed by atoms with Crippen LogP contribution in [0.2, 0.25) is 0 Å². The van der Waals surface area contributed by atoms with Crippen LogP contribution in [-0.4, -0.2) is 0 Å². The number of rotatable bonds is 2. The van der Waals surface area contributed by atoms with E-state index in [-0.39, 0.29) is 0 Å². The molecular weight excluding hydrogens is 553 g/mol. The van der Waals surface area contributed by atoms with Crippen molar-refractivity contribution in [2.45, 2.75) is 0 Å². The van der Waals surface area contributed by atoms with Crippen molar-refractivity contribution in [2.24, 2.45) is 0 Å². The molecule has 0 N–H and O–H groups in total. The summed E-state index contributed by atoms with van der Waals surface area (Å²) in [6, 6.07) is 62.9. The van der Waals surface area contributed by atoms with E-state index in [4.69, 9.17) is 0 Å². The van der Waals surface area contributed by atoms with Gasteiger partial charge in [0.25, 0.3) is 0 Å². The number of benzene rings is 9. The molecule has 0 unspecified atom stereocenters. The first-order valence-electron chi connectivity index (χ1n) is 16.0. The molecule has 46 heavy (non-hydrogen) atoms. The van der Waals surface area contributed by atoms with E-state index in [1.165, 1.54) is 98.7 Å². The second-order valence-electron chi connectivity index (χ2n) is 12.4. The molecule has 10 rings (SSSR count). The van der Waals surface area contributed by atoms with Crippen molar-refractivity contribution in [3.8, 4) is 55.6 Å². The summed E-state index contributed by atoms with van der Waals surface area (Å²) in [5.41, 5.74) is 12.8. The van der Waals surface area contributed by atoms with E-state index in [0.29, 0.717) is 0 Å². The summed E-state index contributed by atoms with van der Waals surface area (Å²) >= 11 is 0. The summed E-state index contributed by atoms with van der Waals surface area (Å²) in [7, 11) is 0. The standard InChI is InChI=1S/C46H28/c1-2-16-32-29(12-1)13-9-23-36(32)46-41-21-7-5-19-39(41)45(40-20-6-8-22-42(40)46)31-26-27-35-38-25-11-15-30-14-10-24-37(44(30)38)33-17-3-4-18-34(33)43(35)28-31/h1-28H. The van der Waals surface area contributed by atoms with Gasteiger partial charge in [-0.2, -0.15) is 0 Å². The Morgan fingerprint density at radius 1 is 0.239 bits per heavy atom. The quantitative estimate of drug-likeness (QED) is 0.178. The van der Waals surface area contributed by atoms with Gasteiger partial charge in [0.05, 0.1) is 0 Å². The number of fused-ring (bicyclic) bond motifs is 8. The highest BCUT2D eigenvalue weighted by Gasteiger charge is 2.23.